The van der Waals surface area contributed by atoms with Crippen LogP contribution in [-0.4, -0.2) is 5.97 Å². The van der Waals surface area contributed by atoms with Crippen molar-refractivity contribution in [2.45, 2.75) is 0 Å². The molecule has 0 spiro atoms. The molecular weight excluding hydrogens is 257 g/mol. The van der Waals surface area contributed by atoms with E-state index in [0.29, 0.717) is 0 Å². The summed E-state index contributed by atoms with van der Waals surface area (Å²) in [5.74, 6) is -1.10. The molecule has 0 bridgehead atoms. The van der Waals surface area contributed by atoms with Crippen molar-refractivity contribution in [1.82, 2.24) is 0 Å². The van der Waals surface area contributed by atoms with Gasteiger partial charge in [-0.15, -0.1) is 11.3 Å². The topological polar surface area (TPSA) is 40.1 Å². The van der Waals surface area contributed by atoms with Gasteiger partial charge in [-0.2, -0.15) is 0 Å². The smallest absolute Gasteiger partial charge is 0.544 e. The van der Waals surface area contributed by atoms with Crippen LogP contribution < -0.4 is 74.0 Å². The Morgan fingerprint density at radius 1 is 1.67 bits per heavy atom. The summed E-state index contributed by atoms with van der Waals surface area (Å²) in [4.78, 5) is 10.2. The van der Waals surface area contributed by atoms with Gasteiger partial charge in [-0.25, -0.2) is 0 Å². The molecule has 0 atom stereocenters. The maximum Gasteiger partial charge on any atom is 1.00 e. The Labute approximate surface area is 116 Å². The van der Waals surface area contributed by atoms with Crippen LogP contribution in [0.4, 0.5) is 0 Å². The van der Waals surface area contributed by atoms with Gasteiger partial charge in [0.1, 0.15) is 0 Å². The van der Waals surface area contributed by atoms with E-state index < -0.39 is 5.97 Å². The molecule has 0 unspecified atom stereocenters. The van der Waals surface area contributed by atoms with E-state index in [9.17, 15) is 9.90 Å². The van der Waals surface area contributed by atoms with E-state index in [2.05, 4.69) is 0 Å². The molecule has 2 nitrogen and oxygen atoms in total. The summed E-state index contributed by atoms with van der Waals surface area (Å²) in [5.41, 5.74) is 0. The largest absolute Gasteiger partial charge is 1.00 e. The zero-order valence-electron chi connectivity index (χ0n) is 4.96. The minimum atomic E-state index is -1.10. The second kappa shape index (κ2) is 4.95. The van der Waals surface area contributed by atoms with Crippen molar-refractivity contribution < 1.29 is 78.8 Å². The molecule has 1 heterocycles. The molecule has 4 heteroatoms. The van der Waals surface area contributed by atoms with Gasteiger partial charge in [-0.05, 0) is 11.4 Å². The third kappa shape index (κ3) is 3.22. The number of thiophene rings is 1. The molecule has 0 amide bonds. The first-order chi connectivity index (χ1) is 3.80. The molecule has 0 aliphatic carbocycles. The average molecular weight is 260 g/mol. The van der Waals surface area contributed by atoms with E-state index in [0.717, 1.165) is 0 Å². The zero-order valence-corrected chi connectivity index (χ0v) is 12.1. The Morgan fingerprint density at radius 2 is 2.33 bits per heavy atom. The van der Waals surface area contributed by atoms with Gasteiger partial charge in [0.2, 0.25) is 0 Å². The number of carbonyl (C=O) groups is 1. The molecular formula is C5H3CsO2S. The van der Waals surface area contributed by atoms with E-state index in [4.69, 9.17) is 0 Å². The number of aromatic carboxylic acids is 1. The summed E-state index contributed by atoms with van der Waals surface area (Å²) in [6, 6.07) is 3.19. The van der Waals surface area contributed by atoms with Crippen LogP contribution in [0.15, 0.2) is 17.5 Å². The predicted molar refractivity (Wildman–Crippen MR) is 28.6 cm³/mol. The molecule has 9 heavy (non-hydrogen) atoms. The standard InChI is InChI=1S/C5H4O2S.Cs/c6-5(7)4-2-1-3-8-4;/h1-3H,(H,6,7);/q;+1/p-1. The summed E-state index contributed by atoms with van der Waals surface area (Å²) < 4.78 is 0. The van der Waals surface area contributed by atoms with Crippen molar-refractivity contribution >= 4 is 17.3 Å². The minimum Gasteiger partial charge on any atom is -0.544 e. The normalized spacial score (nSPS) is 8.00. The van der Waals surface area contributed by atoms with E-state index in [1.165, 1.54) is 17.4 Å². The Kier molecular flexibility index (Phi) is 5.62. The summed E-state index contributed by atoms with van der Waals surface area (Å²) in [5, 5.41) is 11.7. The maximum atomic E-state index is 9.96. The fourth-order valence-electron chi connectivity index (χ4n) is 0.395. The van der Waals surface area contributed by atoms with Crippen LogP contribution in [0.5, 0.6) is 0 Å². The number of hydrogen-bond acceptors (Lipinski definition) is 3. The van der Waals surface area contributed by atoms with Crippen LogP contribution in [0.2, 0.25) is 0 Å². The molecule has 1 aromatic heterocycles. The number of hydrogen-bond donors (Lipinski definition) is 0. The molecule has 0 aliphatic heterocycles. The fraction of sp³-hybridized carbons (Fsp3) is 0. The molecule has 0 aliphatic rings. The molecule has 0 N–H and O–H groups in total. The van der Waals surface area contributed by atoms with E-state index in [-0.39, 0.29) is 73.8 Å². The van der Waals surface area contributed by atoms with Crippen molar-refractivity contribution in [2.24, 2.45) is 0 Å². The van der Waals surface area contributed by atoms with Crippen LogP contribution in [0.1, 0.15) is 9.67 Å². The Hall–Kier alpha value is 1.22. The van der Waals surface area contributed by atoms with Crippen LogP contribution >= 0.6 is 11.3 Å². The second-order valence-corrected chi connectivity index (χ2v) is 2.21. The monoisotopic (exact) mass is 260 g/mol. The number of rotatable bonds is 1. The number of carboxylic acid groups (broad SMARTS) is 1. The SMILES string of the molecule is O=C([O-])c1cccs1.[Cs+]. The molecule has 0 saturated carbocycles. The van der Waals surface area contributed by atoms with Crippen molar-refractivity contribution in [3.63, 3.8) is 0 Å². The molecule has 0 aromatic carbocycles. The first-order valence-corrected chi connectivity index (χ1v) is 2.93. The number of carboxylic acids is 1. The van der Waals surface area contributed by atoms with Gasteiger partial charge in [-0.1, -0.05) is 6.07 Å². The van der Waals surface area contributed by atoms with Gasteiger partial charge >= 0.3 is 68.9 Å². The van der Waals surface area contributed by atoms with Crippen LogP contribution in [0.25, 0.3) is 0 Å². The second-order valence-electron chi connectivity index (χ2n) is 1.26. The Bertz CT molecular complexity index is 183. The van der Waals surface area contributed by atoms with Crippen molar-refractivity contribution in [3.8, 4) is 0 Å². The maximum absolute atomic E-state index is 9.96. The number of carbonyl (C=O) groups excluding carboxylic acids is 1. The molecule has 42 valence electrons. The molecule has 1 rings (SSSR count). The quantitative estimate of drug-likeness (QED) is 0.544. The molecule has 0 saturated heterocycles. The minimum absolute atomic E-state index is 0. The van der Waals surface area contributed by atoms with Crippen molar-refractivity contribution in [2.75, 3.05) is 0 Å². The van der Waals surface area contributed by atoms with Gasteiger partial charge in [0.05, 0.1) is 5.97 Å². The molecule has 0 fully saturated rings. The van der Waals surface area contributed by atoms with Crippen LogP contribution in [-0.2, 0) is 0 Å². The molecule has 1 aromatic rings. The Balaban J connectivity index is 0.000000640. The van der Waals surface area contributed by atoms with Crippen LogP contribution in [0.3, 0.4) is 0 Å². The van der Waals surface area contributed by atoms with Crippen molar-refractivity contribution in [1.29, 1.82) is 0 Å². The summed E-state index contributed by atoms with van der Waals surface area (Å²) in [6.45, 7) is 0. The van der Waals surface area contributed by atoms with Gasteiger partial charge in [0.25, 0.3) is 0 Å². The first-order valence-electron chi connectivity index (χ1n) is 2.05. The van der Waals surface area contributed by atoms with E-state index in [1.807, 2.05) is 0 Å². The molecule has 0 radical (unpaired) electrons. The summed E-state index contributed by atoms with van der Waals surface area (Å²) in [6.07, 6.45) is 0. The van der Waals surface area contributed by atoms with Crippen molar-refractivity contribution in [3.05, 3.63) is 22.4 Å². The van der Waals surface area contributed by atoms with E-state index in [1.54, 1.807) is 11.4 Å². The third-order valence-corrected chi connectivity index (χ3v) is 1.57. The fourth-order valence-corrected chi connectivity index (χ4v) is 0.952. The van der Waals surface area contributed by atoms with Crippen LogP contribution in [0, 0.1) is 0 Å². The zero-order chi connectivity index (χ0) is 5.98. The summed E-state index contributed by atoms with van der Waals surface area (Å²) in [7, 11) is 0. The Morgan fingerprint density at radius 3 is 2.56 bits per heavy atom. The summed E-state index contributed by atoms with van der Waals surface area (Å²) >= 11 is 1.17. The van der Waals surface area contributed by atoms with Gasteiger partial charge in [0.15, 0.2) is 0 Å². The predicted octanol–water partition coefficient (Wildman–Crippen LogP) is -2.88. The first kappa shape index (κ1) is 10.2. The van der Waals surface area contributed by atoms with Gasteiger partial charge in [-0.3, -0.25) is 0 Å². The van der Waals surface area contributed by atoms with E-state index >= 15 is 0 Å². The van der Waals surface area contributed by atoms with Gasteiger partial charge < -0.3 is 9.90 Å². The van der Waals surface area contributed by atoms with Gasteiger partial charge in [0, 0.05) is 4.88 Å². The third-order valence-electron chi connectivity index (χ3n) is 0.722. The average Bonchev–Trinajstić information content (AvgIpc) is 2.12.